The van der Waals surface area contributed by atoms with Crippen LogP contribution in [0.4, 0.5) is 10.1 Å². The van der Waals surface area contributed by atoms with E-state index in [9.17, 15) is 18.8 Å². The summed E-state index contributed by atoms with van der Waals surface area (Å²) in [6.45, 7) is 2.09. The standard InChI is InChI=1S/C24H22FN5O3/c1-15-2-9-23(32)30(13-15)14-22(31)27-18-6-3-16(4-7-18)24(33)26-11-10-21-28-19-8-5-17(25)12-20(19)29-21/h2-9,12-13H,10-11,14H2,1H3,(H,26,33)(H,27,31)(H,28,29). The van der Waals surface area contributed by atoms with Crippen molar-refractivity contribution < 1.29 is 14.0 Å². The van der Waals surface area contributed by atoms with Crippen LogP contribution in [-0.2, 0) is 17.8 Å². The van der Waals surface area contributed by atoms with Crippen molar-refractivity contribution in [2.75, 3.05) is 11.9 Å². The first-order chi connectivity index (χ1) is 15.9. The van der Waals surface area contributed by atoms with Crippen LogP contribution in [0.3, 0.4) is 0 Å². The summed E-state index contributed by atoms with van der Waals surface area (Å²) >= 11 is 0. The lowest BCUT2D eigenvalue weighted by atomic mass is 10.2. The van der Waals surface area contributed by atoms with Gasteiger partial charge in [0.05, 0.1) is 11.0 Å². The smallest absolute Gasteiger partial charge is 0.251 e. The van der Waals surface area contributed by atoms with Crippen molar-refractivity contribution >= 4 is 28.5 Å². The molecule has 168 valence electrons. The number of nitrogens with zero attached hydrogens (tertiary/aromatic N) is 2. The van der Waals surface area contributed by atoms with Gasteiger partial charge in [0.1, 0.15) is 18.2 Å². The largest absolute Gasteiger partial charge is 0.352 e. The molecule has 4 aromatic rings. The van der Waals surface area contributed by atoms with Gasteiger partial charge in [-0.05, 0) is 55.0 Å². The maximum absolute atomic E-state index is 13.3. The zero-order chi connectivity index (χ0) is 23.4. The van der Waals surface area contributed by atoms with Crippen molar-refractivity contribution in [3.05, 3.63) is 93.9 Å². The fourth-order valence-corrected chi connectivity index (χ4v) is 3.38. The summed E-state index contributed by atoms with van der Waals surface area (Å²) in [7, 11) is 0. The van der Waals surface area contributed by atoms with E-state index in [1.807, 2.05) is 6.92 Å². The Labute approximate surface area is 188 Å². The third-order valence-corrected chi connectivity index (χ3v) is 5.02. The van der Waals surface area contributed by atoms with Crippen LogP contribution in [-0.4, -0.2) is 32.9 Å². The van der Waals surface area contributed by atoms with E-state index >= 15 is 0 Å². The van der Waals surface area contributed by atoms with Gasteiger partial charge in [-0.15, -0.1) is 0 Å². The van der Waals surface area contributed by atoms with E-state index in [4.69, 9.17) is 0 Å². The van der Waals surface area contributed by atoms with Gasteiger partial charge in [0.25, 0.3) is 11.5 Å². The molecule has 4 rings (SSSR count). The third kappa shape index (κ3) is 5.51. The predicted octanol–water partition coefficient (Wildman–Crippen LogP) is 2.78. The second-order valence-electron chi connectivity index (χ2n) is 7.65. The van der Waals surface area contributed by atoms with Crippen molar-refractivity contribution in [2.45, 2.75) is 19.9 Å². The number of nitrogens with one attached hydrogen (secondary N) is 3. The molecule has 0 unspecified atom stereocenters. The molecule has 2 aromatic heterocycles. The minimum atomic E-state index is -0.342. The first-order valence-corrected chi connectivity index (χ1v) is 10.4. The summed E-state index contributed by atoms with van der Waals surface area (Å²) in [5, 5.41) is 5.52. The summed E-state index contributed by atoms with van der Waals surface area (Å²) in [6.07, 6.45) is 2.09. The molecule has 0 atom stereocenters. The molecule has 3 N–H and O–H groups in total. The van der Waals surface area contributed by atoms with Crippen molar-refractivity contribution in [1.29, 1.82) is 0 Å². The summed E-state index contributed by atoms with van der Waals surface area (Å²) in [5.74, 6) is -0.289. The first-order valence-electron chi connectivity index (χ1n) is 10.4. The van der Waals surface area contributed by atoms with E-state index < -0.39 is 0 Å². The molecule has 0 aliphatic carbocycles. The van der Waals surface area contributed by atoms with Gasteiger partial charge in [-0.1, -0.05) is 6.07 Å². The van der Waals surface area contributed by atoms with Crippen LogP contribution >= 0.6 is 0 Å². The molecule has 8 nitrogen and oxygen atoms in total. The van der Waals surface area contributed by atoms with Crippen LogP contribution in [0.5, 0.6) is 0 Å². The van der Waals surface area contributed by atoms with Crippen molar-refractivity contribution in [1.82, 2.24) is 19.9 Å². The highest BCUT2D eigenvalue weighted by Gasteiger charge is 2.09. The van der Waals surface area contributed by atoms with Gasteiger partial charge in [-0.25, -0.2) is 9.37 Å². The third-order valence-electron chi connectivity index (χ3n) is 5.02. The first kappa shape index (κ1) is 21.9. The van der Waals surface area contributed by atoms with Crippen LogP contribution in [0.25, 0.3) is 11.0 Å². The highest BCUT2D eigenvalue weighted by Crippen LogP contribution is 2.13. The van der Waals surface area contributed by atoms with E-state index in [0.717, 1.165) is 5.56 Å². The molecule has 0 saturated heterocycles. The molecular formula is C24H22FN5O3. The van der Waals surface area contributed by atoms with E-state index in [0.29, 0.717) is 41.1 Å². The van der Waals surface area contributed by atoms with Crippen molar-refractivity contribution in [3.8, 4) is 0 Å². The number of aryl methyl sites for hydroxylation is 1. The second kappa shape index (κ2) is 9.47. The predicted molar refractivity (Wildman–Crippen MR) is 123 cm³/mol. The number of benzene rings is 2. The van der Waals surface area contributed by atoms with Gasteiger partial charge in [0.15, 0.2) is 0 Å². The molecule has 2 amide bonds. The number of rotatable bonds is 7. The van der Waals surface area contributed by atoms with Crippen molar-refractivity contribution in [3.63, 3.8) is 0 Å². The highest BCUT2D eigenvalue weighted by molar-refractivity contribution is 5.95. The Morgan fingerprint density at radius 3 is 2.67 bits per heavy atom. The van der Waals surface area contributed by atoms with Crippen molar-refractivity contribution in [2.24, 2.45) is 0 Å². The number of aromatic amines is 1. The van der Waals surface area contributed by atoms with Crippen LogP contribution in [0.1, 0.15) is 21.7 Å². The van der Waals surface area contributed by atoms with Crippen LogP contribution in [0.2, 0.25) is 0 Å². The summed E-state index contributed by atoms with van der Waals surface area (Å²) in [5.41, 5.74) is 2.87. The topological polar surface area (TPSA) is 109 Å². The van der Waals surface area contributed by atoms with E-state index in [-0.39, 0.29) is 29.7 Å². The van der Waals surface area contributed by atoms with Gasteiger partial charge >= 0.3 is 0 Å². The number of anilines is 1. The number of pyridine rings is 1. The summed E-state index contributed by atoms with van der Waals surface area (Å²) in [6, 6.07) is 13.9. The molecule has 0 aliphatic heterocycles. The Morgan fingerprint density at radius 2 is 1.88 bits per heavy atom. The molecule has 2 heterocycles. The average Bonchev–Trinajstić information content (AvgIpc) is 3.18. The number of halogens is 1. The quantitative estimate of drug-likeness (QED) is 0.405. The minimum Gasteiger partial charge on any atom is -0.352 e. The van der Waals surface area contributed by atoms with Gasteiger partial charge in [0, 0.05) is 36.5 Å². The zero-order valence-electron chi connectivity index (χ0n) is 17.9. The number of H-pyrrole nitrogens is 1. The zero-order valence-corrected chi connectivity index (χ0v) is 17.9. The fraction of sp³-hybridized carbons (Fsp3) is 0.167. The lowest BCUT2D eigenvalue weighted by Crippen LogP contribution is -2.27. The number of carbonyl (C=O) groups is 2. The molecule has 0 saturated carbocycles. The fourth-order valence-electron chi connectivity index (χ4n) is 3.38. The average molecular weight is 447 g/mol. The number of fused-ring (bicyclic) bond motifs is 1. The number of hydrogen-bond donors (Lipinski definition) is 3. The number of hydrogen-bond acceptors (Lipinski definition) is 4. The van der Waals surface area contributed by atoms with E-state index in [2.05, 4.69) is 20.6 Å². The van der Waals surface area contributed by atoms with Crippen LogP contribution in [0.15, 0.2) is 65.6 Å². The molecule has 0 spiro atoms. The molecule has 0 fully saturated rings. The molecule has 33 heavy (non-hydrogen) atoms. The molecule has 0 aliphatic rings. The Hall–Kier alpha value is -4.27. The monoisotopic (exact) mass is 447 g/mol. The lowest BCUT2D eigenvalue weighted by Gasteiger charge is -2.09. The summed E-state index contributed by atoms with van der Waals surface area (Å²) in [4.78, 5) is 43.9. The highest BCUT2D eigenvalue weighted by atomic mass is 19.1. The maximum Gasteiger partial charge on any atom is 0.251 e. The summed E-state index contributed by atoms with van der Waals surface area (Å²) < 4.78 is 14.6. The molecule has 2 aromatic carbocycles. The van der Waals surface area contributed by atoms with Crippen LogP contribution < -0.4 is 16.2 Å². The normalized spacial score (nSPS) is 10.8. The van der Waals surface area contributed by atoms with Gasteiger partial charge in [-0.2, -0.15) is 0 Å². The second-order valence-corrected chi connectivity index (χ2v) is 7.65. The van der Waals surface area contributed by atoms with Crippen LogP contribution in [0, 0.1) is 12.7 Å². The van der Waals surface area contributed by atoms with Gasteiger partial charge in [0.2, 0.25) is 5.91 Å². The Kier molecular flexibility index (Phi) is 6.30. The Morgan fingerprint density at radius 1 is 1.09 bits per heavy atom. The number of aromatic nitrogens is 3. The molecule has 9 heteroatoms. The molecule has 0 bridgehead atoms. The maximum atomic E-state index is 13.3. The molecule has 0 radical (unpaired) electrons. The van der Waals surface area contributed by atoms with E-state index in [1.54, 1.807) is 42.6 Å². The lowest BCUT2D eigenvalue weighted by molar-refractivity contribution is -0.116. The minimum absolute atomic E-state index is 0.100. The van der Waals surface area contributed by atoms with Gasteiger partial charge in [-0.3, -0.25) is 14.4 Å². The van der Waals surface area contributed by atoms with E-state index in [1.165, 1.54) is 22.8 Å². The Bertz CT molecular complexity index is 1380. The van der Waals surface area contributed by atoms with Gasteiger partial charge < -0.3 is 20.2 Å². The number of amides is 2. The molecular weight excluding hydrogens is 425 g/mol. The Balaban J connectivity index is 1.28. The number of carbonyl (C=O) groups excluding carboxylic acids is 2. The number of imidazole rings is 1. The SMILES string of the molecule is Cc1ccc(=O)n(CC(=O)Nc2ccc(C(=O)NCCc3nc4ccc(F)cc4[nH]3)cc2)c1.